The smallest absolute Gasteiger partial charge is 0.243 e. The first-order chi connectivity index (χ1) is 14.4. The van der Waals surface area contributed by atoms with Crippen molar-refractivity contribution in [1.82, 2.24) is 14.3 Å². The van der Waals surface area contributed by atoms with Gasteiger partial charge >= 0.3 is 0 Å². The van der Waals surface area contributed by atoms with Gasteiger partial charge in [0.2, 0.25) is 15.9 Å². The number of rotatable bonds is 5. The number of thiazole rings is 1. The molecular weight excluding hydrogens is 427 g/mol. The van der Waals surface area contributed by atoms with E-state index in [-0.39, 0.29) is 29.8 Å². The third-order valence-electron chi connectivity index (χ3n) is 4.97. The number of piperidine rings is 1. The lowest BCUT2D eigenvalue weighted by molar-refractivity contribution is -0.120. The number of hydrogen-bond acceptors (Lipinski definition) is 6. The fourth-order valence-corrected chi connectivity index (χ4v) is 5.49. The molecule has 1 aliphatic rings. The molecule has 4 rings (SSSR count). The Hall–Kier alpha value is -2.69. The van der Waals surface area contributed by atoms with Crippen molar-refractivity contribution in [1.29, 1.82) is 0 Å². The van der Waals surface area contributed by atoms with E-state index >= 15 is 0 Å². The molecule has 10 heteroatoms. The number of pyridine rings is 1. The molecule has 1 aliphatic heterocycles. The van der Waals surface area contributed by atoms with Crippen molar-refractivity contribution in [3.63, 3.8) is 0 Å². The molecule has 2 aromatic heterocycles. The van der Waals surface area contributed by atoms with Crippen LogP contribution in [0, 0.1) is 11.7 Å². The van der Waals surface area contributed by atoms with Crippen LogP contribution in [0.15, 0.2) is 59.1 Å². The van der Waals surface area contributed by atoms with Gasteiger partial charge in [-0.3, -0.25) is 9.78 Å². The second-order valence-corrected chi connectivity index (χ2v) is 9.70. The first-order valence-electron chi connectivity index (χ1n) is 9.36. The number of carbonyl (C=O) groups excluding carboxylic acids is 1. The summed E-state index contributed by atoms with van der Waals surface area (Å²) < 4.78 is 39.8. The van der Waals surface area contributed by atoms with E-state index in [4.69, 9.17) is 0 Å². The second kappa shape index (κ2) is 8.58. The van der Waals surface area contributed by atoms with Crippen molar-refractivity contribution in [3.8, 4) is 11.3 Å². The summed E-state index contributed by atoms with van der Waals surface area (Å²) in [7, 11) is -3.70. The summed E-state index contributed by atoms with van der Waals surface area (Å²) >= 11 is 1.33. The molecule has 0 unspecified atom stereocenters. The minimum atomic E-state index is -3.70. The van der Waals surface area contributed by atoms with Crippen molar-refractivity contribution in [3.05, 3.63) is 60.0 Å². The summed E-state index contributed by atoms with van der Waals surface area (Å²) in [5.74, 6) is -0.950. The molecule has 7 nitrogen and oxygen atoms in total. The molecule has 0 atom stereocenters. The third kappa shape index (κ3) is 4.40. The number of carbonyl (C=O) groups is 1. The van der Waals surface area contributed by atoms with E-state index in [9.17, 15) is 17.6 Å². The molecule has 3 heterocycles. The zero-order chi connectivity index (χ0) is 21.1. The predicted molar refractivity (Wildman–Crippen MR) is 112 cm³/mol. The number of halogens is 1. The Labute approximate surface area is 177 Å². The topological polar surface area (TPSA) is 92.3 Å². The van der Waals surface area contributed by atoms with Gasteiger partial charge in [0.1, 0.15) is 5.82 Å². The van der Waals surface area contributed by atoms with Crippen LogP contribution in [0.25, 0.3) is 11.3 Å². The van der Waals surface area contributed by atoms with Gasteiger partial charge in [0, 0.05) is 42.3 Å². The van der Waals surface area contributed by atoms with Gasteiger partial charge in [0.15, 0.2) is 5.13 Å². The largest absolute Gasteiger partial charge is 0.302 e. The highest BCUT2D eigenvalue weighted by Crippen LogP contribution is 2.27. The molecule has 30 heavy (non-hydrogen) atoms. The molecule has 0 spiro atoms. The van der Waals surface area contributed by atoms with Crippen LogP contribution in [0.1, 0.15) is 12.8 Å². The number of amides is 1. The van der Waals surface area contributed by atoms with Crippen LogP contribution >= 0.6 is 11.3 Å². The third-order valence-corrected chi connectivity index (χ3v) is 7.64. The number of nitrogens with zero attached hydrogens (tertiary/aromatic N) is 3. The lowest BCUT2D eigenvalue weighted by Gasteiger charge is -2.30. The van der Waals surface area contributed by atoms with Gasteiger partial charge in [0.25, 0.3) is 0 Å². The van der Waals surface area contributed by atoms with E-state index in [2.05, 4.69) is 15.3 Å². The Morgan fingerprint density at radius 1 is 1.17 bits per heavy atom. The van der Waals surface area contributed by atoms with Gasteiger partial charge in [0.05, 0.1) is 10.6 Å². The molecule has 3 aromatic rings. The van der Waals surface area contributed by atoms with Gasteiger partial charge in [-0.2, -0.15) is 4.31 Å². The van der Waals surface area contributed by atoms with Crippen molar-refractivity contribution in [2.45, 2.75) is 17.7 Å². The van der Waals surface area contributed by atoms with Crippen LogP contribution in [-0.4, -0.2) is 41.7 Å². The van der Waals surface area contributed by atoms with E-state index in [0.29, 0.717) is 18.0 Å². The van der Waals surface area contributed by atoms with E-state index in [1.807, 2.05) is 17.5 Å². The Balaban J connectivity index is 1.36. The molecule has 156 valence electrons. The number of benzene rings is 1. The zero-order valence-electron chi connectivity index (χ0n) is 15.9. The quantitative estimate of drug-likeness (QED) is 0.649. The average Bonchev–Trinajstić information content (AvgIpc) is 3.23. The van der Waals surface area contributed by atoms with Crippen LogP contribution in [0.2, 0.25) is 0 Å². The highest BCUT2D eigenvalue weighted by Gasteiger charge is 2.32. The molecule has 1 N–H and O–H groups in total. The Morgan fingerprint density at radius 3 is 2.57 bits per heavy atom. The van der Waals surface area contributed by atoms with E-state index in [1.165, 1.54) is 27.8 Å². The van der Waals surface area contributed by atoms with Crippen LogP contribution in [0.5, 0.6) is 0 Å². The Bertz CT molecular complexity index is 1130. The van der Waals surface area contributed by atoms with Gasteiger partial charge in [-0.05, 0) is 49.2 Å². The fourth-order valence-electron chi connectivity index (χ4n) is 3.30. The number of sulfonamides is 1. The normalized spacial score (nSPS) is 15.8. The highest BCUT2D eigenvalue weighted by molar-refractivity contribution is 7.89. The van der Waals surface area contributed by atoms with Gasteiger partial charge < -0.3 is 5.32 Å². The van der Waals surface area contributed by atoms with Crippen LogP contribution in [0.4, 0.5) is 9.52 Å². The highest BCUT2D eigenvalue weighted by atomic mass is 32.2. The van der Waals surface area contributed by atoms with E-state index < -0.39 is 15.8 Å². The minimum absolute atomic E-state index is 0.0533. The summed E-state index contributed by atoms with van der Waals surface area (Å²) in [6.45, 7) is 0.465. The zero-order valence-corrected chi connectivity index (χ0v) is 17.5. The van der Waals surface area contributed by atoms with Crippen molar-refractivity contribution in [2.24, 2.45) is 5.92 Å². The molecular formula is C20H19FN4O3S2. The van der Waals surface area contributed by atoms with Crippen LogP contribution in [0.3, 0.4) is 0 Å². The summed E-state index contributed by atoms with van der Waals surface area (Å²) in [5, 5.41) is 5.18. The maximum atomic E-state index is 13.1. The summed E-state index contributed by atoms with van der Waals surface area (Å²) in [4.78, 5) is 21.2. The Morgan fingerprint density at radius 2 is 1.90 bits per heavy atom. The molecule has 0 aliphatic carbocycles. The summed E-state index contributed by atoms with van der Waals surface area (Å²) in [6, 6.07) is 8.48. The molecule has 0 saturated carbocycles. The van der Waals surface area contributed by atoms with Crippen molar-refractivity contribution < 1.29 is 17.6 Å². The molecule has 0 radical (unpaired) electrons. The SMILES string of the molecule is O=C(Nc1nc(-c2cccnc2)cs1)C1CCN(S(=O)(=O)c2ccc(F)cc2)CC1. The first-order valence-corrected chi connectivity index (χ1v) is 11.7. The second-order valence-electron chi connectivity index (χ2n) is 6.90. The average molecular weight is 447 g/mol. The fraction of sp³-hybridized carbons (Fsp3) is 0.250. The lowest BCUT2D eigenvalue weighted by atomic mass is 9.97. The molecule has 1 saturated heterocycles. The first kappa shape index (κ1) is 20.6. The van der Waals surface area contributed by atoms with Crippen molar-refractivity contribution in [2.75, 3.05) is 18.4 Å². The van der Waals surface area contributed by atoms with Crippen LogP contribution < -0.4 is 5.32 Å². The van der Waals surface area contributed by atoms with E-state index in [1.54, 1.807) is 12.4 Å². The molecule has 0 bridgehead atoms. The van der Waals surface area contributed by atoms with Crippen molar-refractivity contribution >= 4 is 32.4 Å². The molecule has 1 aromatic carbocycles. The summed E-state index contributed by atoms with van der Waals surface area (Å²) in [6.07, 6.45) is 4.21. The maximum absolute atomic E-state index is 13.1. The van der Waals surface area contributed by atoms with Gasteiger partial charge in [-0.1, -0.05) is 0 Å². The van der Waals surface area contributed by atoms with Gasteiger partial charge in [-0.15, -0.1) is 11.3 Å². The lowest BCUT2D eigenvalue weighted by Crippen LogP contribution is -2.41. The van der Waals surface area contributed by atoms with Gasteiger partial charge in [-0.25, -0.2) is 17.8 Å². The minimum Gasteiger partial charge on any atom is -0.302 e. The number of hydrogen-bond donors (Lipinski definition) is 1. The summed E-state index contributed by atoms with van der Waals surface area (Å²) in [5.41, 5.74) is 1.61. The maximum Gasteiger partial charge on any atom is 0.243 e. The molecule has 1 fully saturated rings. The van der Waals surface area contributed by atoms with Crippen LogP contribution in [-0.2, 0) is 14.8 Å². The predicted octanol–water partition coefficient (Wildman–Crippen LogP) is 3.38. The Kier molecular flexibility index (Phi) is 5.89. The number of aromatic nitrogens is 2. The number of anilines is 1. The standard InChI is InChI=1S/C20H19FN4O3S2/c21-16-3-5-17(6-4-16)30(27,28)25-10-7-14(8-11-25)19(26)24-20-23-18(13-29-20)15-2-1-9-22-12-15/h1-6,9,12-14H,7-8,10-11H2,(H,23,24,26). The molecule has 1 amide bonds. The monoisotopic (exact) mass is 446 g/mol. The van der Waals surface area contributed by atoms with E-state index in [0.717, 1.165) is 23.4 Å². The number of nitrogens with one attached hydrogen (secondary N) is 1.